The number of pyridine rings is 1. The summed E-state index contributed by atoms with van der Waals surface area (Å²) in [4.78, 5) is 4.35. The van der Waals surface area contributed by atoms with E-state index in [9.17, 15) is 0 Å². The third-order valence-corrected chi connectivity index (χ3v) is 2.32. The summed E-state index contributed by atoms with van der Waals surface area (Å²) < 4.78 is 0. The number of aromatic nitrogens is 1. The van der Waals surface area contributed by atoms with E-state index in [0.29, 0.717) is 0 Å². The highest BCUT2D eigenvalue weighted by Gasteiger charge is 2.00. The van der Waals surface area contributed by atoms with Crippen LogP contribution in [0.4, 0.5) is 11.5 Å². The van der Waals surface area contributed by atoms with Gasteiger partial charge in [-0.05, 0) is 37.8 Å². The molecule has 0 spiro atoms. The molecule has 1 heterocycles. The Bertz CT molecular complexity index is 308. The van der Waals surface area contributed by atoms with Crippen LogP contribution in [0.5, 0.6) is 0 Å². The predicted molar refractivity (Wildman–Crippen MR) is 65.9 cm³/mol. The van der Waals surface area contributed by atoms with Gasteiger partial charge in [-0.15, -0.1) is 0 Å². The lowest BCUT2D eigenvalue weighted by Crippen LogP contribution is -2.07. The fraction of sp³-hybridized carbons (Fsp3) is 0.583. The van der Waals surface area contributed by atoms with Gasteiger partial charge in [0.2, 0.25) is 0 Å². The number of nitrogen functional groups attached to an aromatic ring is 1. The molecule has 3 heteroatoms. The van der Waals surface area contributed by atoms with E-state index in [-0.39, 0.29) is 0 Å². The molecule has 1 rings (SSSR count). The molecule has 0 radical (unpaired) electrons. The van der Waals surface area contributed by atoms with Crippen molar-refractivity contribution in [3.63, 3.8) is 0 Å². The van der Waals surface area contributed by atoms with E-state index in [4.69, 9.17) is 5.73 Å². The van der Waals surface area contributed by atoms with E-state index < -0.39 is 0 Å². The molecule has 84 valence electrons. The maximum absolute atomic E-state index is 5.81. The van der Waals surface area contributed by atoms with Gasteiger partial charge in [0.05, 0.1) is 5.69 Å². The highest BCUT2D eigenvalue weighted by Crippen LogP contribution is 2.15. The van der Waals surface area contributed by atoms with Gasteiger partial charge in [-0.1, -0.05) is 13.8 Å². The van der Waals surface area contributed by atoms with Crippen molar-refractivity contribution in [2.24, 2.45) is 5.92 Å². The summed E-state index contributed by atoms with van der Waals surface area (Å²) in [6.45, 7) is 7.39. The Morgan fingerprint density at radius 2 is 2.13 bits per heavy atom. The Labute approximate surface area is 92.1 Å². The summed E-state index contributed by atoms with van der Waals surface area (Å²) >= 11 is 0. The molecule has 0 unspecified atom stereocenters. The van der Waals surface area contributed by atoms with Crippen molar-refractivity contribution < 1.29 is 0 Å². The molecule has 3 N–H and O–H groups in total. The molecular formula is C12H21N3. The molecule has 3 nitrogen and oxygen atoms in total. The number of nitrogens with one attached hydrogen (secondary N) is 1. The van der Waals surface area contributed by atoms with Gasteiger partial charge in [-0.3, -0.25) is 0 Å². The molecule has 0 fully saturated rings. The molecular weight excluding hydrogens is 186 g/mol. The second-order valence-corrected chi connectivity index (χ2v) is 4.35. The van der Waals surface area contributed by atoms with Gasteiger partial charge in [0.1, 0.15) is 5.82 Å². The van der Waals surface area contributed by atoms with Gasteiger partial charge >= 0.3 is 0 Å². The lowest BCUT2D eigenvalue weighted by molar-refractivity contribution is 0.567. The summed E-state index contributed by atoms with van der Waals surface area (Å²) in [7, 11) is 0. The minimum atomic E-state index is 0.727. The van der Waals surface area contributed by atoms with Crippen LogP contribution in [0.2, 0.25) is 0 Å². The van der Waals surface area contributed by atoms with E-state index in [1.165, 1.54) is 6.42 Å². The molecule has 1 aromatic heterocycles. The van der Waals surface area contributed by atoms with Crippen LogP contribution in [0.25, 0.3) is 0 Å². The van der Waals surface area contributed by atoms with Crippen LogP contribution in [-0.2, 0) is 0 Å². The van der Waals surface area contributed by atoms with Crippen LogP contribution in [0.1, 0.15) is 32.4 Å². The van der Waals surface area contributed by atoms with Crippen molar-refractivity contribution in [3.8, 4) is 0 Å². The fourth-order valence-corrected chi connectivity index (χ4v) is 1.43. The molecule has 0 saturated carbocycles. The monoisotopic (exact) mass is 207 g/mol. The average molecular weight is 207 g/mol. The lowest BCUT2D eigenvalue weighted by Gasteiger charge is -2.09. The van der Waals surface area contributed by atoms with Gasteiger partial charge in [-0.2, -0.15) is 0 Å². The highest BCUT2D eigenvalue weighted by molar-refractivity contribution is 5.61. The molecule has 0 atom stereocenters. The molecule has 0 aliphatic carbocycles. The standard InChI is InChI=1S/C12H21N3/c1-9(2)5-4-8-14-12-11(13)7-6-10(3)15-12/h6-7,9H,4-5,8,13H2,1-3H3,(H,14,15). The van der Waals surface area contributed by atoms with Gasteiger partial charge in [-0.25, -0.2) is 4.98 Å². The first kappa shape index (κ1) is 11.8. The van der Waals surface area contributed by atoms with E-state index >= 15 is 0 Å². The van der Waals surface area contributed by atoms with Crippen LogP contribution in [0.3, 0.4) is 0 Å². The molecule has 0 aromatic carbocycles. The number of nitrogens with two attached hydrogens (primary N) is 1. The molecule has 0 aliphatic heterocycles. The van der Waals surface area contributed by atoms with Crippen LogP contribution in [-0.4, -0.2) is 11.5 Å². The summed E-state index contributed by atoms with van der Waals surface area (Å²) in [6, 6.07) is 3.82. The quantitative estimate of drug-likeness (QED) is 0.730. The van der Waals surface area contributed by atoms with Crippen LogP contribution in [0, 0.1) is 12.8 Å². The Morgan fingerprint density at radius 1 is 1.40 bits per heavy atom. The number of anilines is 2. The zero-order valence-electron chi connectivity index (χ0n) is 9.88. The fourth-order valence-electron chi connectivity index (χ4n) is 1.43. The lowest BCUT2D eigenvalue weighted by atomic mass is 10.1. The maximum atomic E-state index is 5.81. The molecule has 1 aromatic rings. The first-order chi connectivity index (χ1) is 7.09. The first-order valence-electron chi connectivity index (χ1n) is 5.56. The maximum Gasteiger partial charge on any atom is 0.149 e. The average Bonchev–Trinajstić information content (AvgIpc) is 2.17. The normalized spacial score (nSPS) is 10.7. The van der Waals surface area contributed by atoms with Crippen molar-refractivity contribution in [2.45, 2.75) is 33.6 Å². The van der Waals surface area contributed by atoms with Crippen molar-refractivity contribution in [2.75, 3.05) is 17.6 Å². The summed E-state index contributed by atoms with van der Waals surface area (Å²) in [5.74, 6) is 1.58. The van der Waals surface area contributed by atoms with Crippen LogP contribution < -0.4 is 11.1 Å². The molecule has 0 saturated heterocycles. The number of rotatable bonds is 5. The van der Waals surface area contributed by atoms with Crippen molar-refractivity contribution in [1.82, 2.24) is 4.98 Å². The number of hydrogen-bond donors (Lipinski definition) is 2. The second kappa shape index (κ2) is 5.59. The van der Waals surface area contributed by atoms with E-state index in [0.717, 1.165) is 36.1 Å². The molecule has 0 amide bonds. The van der Waals surface area contributed by atoms with E-state index in [1.54, 1.807) is 0 Å². The van der Waals surface area contributed by atoms with E-state index in [1.807, 2.05) is 19.1 Å². The second-order valence-electron chi connectivity index (χ2n) is 4.35. The van der Waals surface area contributed by atoms with E-state index in [2.05, 4.69) is 24.1 Å². The molecule has 0 bridgehead atoms. The van der Waals surface area contributed by atoms with Gasteiger partial charge in [0.25, 0.3) is 0 Å². The highest BCUT2D eigenvalue weighted by atomic mass is 15.0. The zero-order chi connectivity index (χ0) is 11.3. The van der Waals surface area contributed by atoms with Gasteiger partial charge in [0.15, 0.2) is 0 Å². The Balaban J connectivity index is 2.40. The van der Waals surface area contributed by atoms with Gasteiger partial charge < -0.3 is 11.1 Å². The van der Waals surface area contributed by atoms with Gasteiger partial charge in [0, 0.05) is 12.2 Å². The largest absolute Gasteiger partial charge is 0.396 e. The third-order valence-electron chi connectivity index (χ3n) is 2.32. The Kier molecular flexibility index (Phi) is 4.40. The zero-order valence-corrected chi connectivity index (χ0v) is 9.88. The summed E-state index contributed by atoms with van der Waals surface area (Å²) in [5, 5.41) is 3.27. The van der Waals surface area contributed by atoms with Crippen molar-refractivity contribution >= 4 is 11.5 Å². The third kappa shape index (κ3) is 4.19. The SMILES string of the molecule is Cc1ccc(N)c(NCCCC(C)C)n1. The number of aryl methyl sites for hydroxylation is 1. The summed E-state index contributed by atoms with van der Waals surface area (Å²) in [6.07, 6.45) is 2.39. The molecule has 0 aliphatic rings. The number of nitrogens with zero attached hydrogens (tertiary/aromatic N) is 1. The smallest absolute Gasteiger partial charge is 0.149 e. The predicted octanol–water partition coefficient (Wildman–Crippen LogP) is 2.82. The minimum Gasteiger partial charge on any atom is -0.396 e. The van der Waals surface area contributed by atoms with Crippen molar-refractivity contribution in [1.29, 1.82) is 0 Å². The molecule has 15 heavy (non-hydrogen) atoms. The van der Waals surface area contributed by atoms with Crippen LogP contribution >= 0.6 is 0 Å². The van der Waals surface area contributed by atoms with Crippen LogP contribution in [0.15, 0.2) is 12.1 Å². The summed E-state index contributed by atoms with van der Waals surface area (Å²) in [5.41, 5.74) is 7.53. The number of hydrogen-bond acceptors (Lipinski definition) is 3. The Hall–Kier alpha value is -1.25. The minimum absolute atomic E-state index is 0.727. The van der Waals surface area contributed by atoms with Crippen molar-refractivity contribution in [3.05, 3.63) is 17.8 Å². The Morgan fingerprint density at radius 3 is 2.80 bits per heavy atom. The topological polar surface area (TPSA) is 50.9 Å². The first-order valence-corrected chi connectivity index (χ1v) is 5.56.